The summed E-state index contributed by atoms with van der Waals surface area (Å²) in [6.07, 6.45) is 3.73. The lowest BCUT2D eigenvalue weighted by Gasteiger charge is -2.18. The molecule has 3 aromatic carbocycles. The van der Waals surface area contributed by atoms with E-state index in [9.17, 15) is 22.4 Å². The van der Waals surface area contributed by atoms with Gasteiger partial charge in [0.1, 0.15) is 22.9 Å². The van der Waals surface area contributed by atoms with Crippen LogP contribution in [-0.2, 0) is 14.6 Å². The minimum absolute atomic E-state index is 0.0543. The molecule has 0 radical (unpaired) electrons. The van der Waals surface area contributed by atoms with E-state index in [2.05, 4.69) is 5.32 Å². The van der Waals surface area contributed by atoms with Crippen LogP contribution in [0.15, 0.2) is 105 Å². The summed E-state index contributed by atoms with van der Waals surface area (Å²) in [4.78, 5) is 25.0. The van der Waals surface area contributed by atoms with Crippen molar-refractivity contribution in [3.05, 3.63) is 118 Å². The highest BCUT2D eigenvalue weighted by molar-refractivity contribution is 7.91. The molecular formula is C26H20FNO5S. The molecule has 4 aromatic rings. The zero-order valence-electron chi connectivity index (χ0n) is 17.8. The van der Waals surface area contributed by atoms with Crippen LogP contribution in [0.3, 0.4) is 0 Å². The molecule has 0 bridgehead atoms. The van der Waals surface area contributed by atoms with Gasteiger partial charge in [-0.15, -0.1) is 0 Å². The first-order chi connectivity index (χ1) is 16.4. The summed E-state index contributed by atoms with van der Waals surface area (Å²) in [7, 11) is -3.94. The zero-order valence-corrected chi connectivity index (χ0v) is 18.7. The summed E-state index contributed by atoms with van der Waals surface area (Å²) in [6.45, 7) is -0.223. The summed E-state index contributed by atoms with van der Waals surface area (Å²) in [5.41, 5.74) is 0.816. The number of amides is 1. The Morgan fingerprint density at radius 3 is 2.38 bits per heavy atom. The molecule has 0 aliphatic carbocycles. The lowest BCUT2D eigenvalue weighted by atomic mass is 10.1. The lowest BCUT2D eigenvalue weighted by molar-refractivity contribution is -0.116. The first-order valence-corrected chi connectivity index (χ1v) is 11.9. The van der Waals surface area contributed by atoms with E-state index in [0.717, 1.165) is 18.2 Å². The van der Waals surface area contributed by atoms with Gasteiger partial charge in [0, 0.05) is 12.6 Å². The van der Waals surface area contributed by atoms with Crippen LogP contribution in [0, 0.1) is 5.82 Å². The molecule has 0 aliphatic rings. The van der Waals surface area contributed by atoms with E-state index in [1.165, 1.54) is 24.5 Å². The van der Waals surface area contributed by atoms with Crippen LogP contribution in [0.4, 0.5) is 4.39 Å². The Balaban J connectivity index is 1.55. The third-order valence-corrected chi connectivity index (χ3v) is 7.39. The number of sulfone groups is 1. The summed E-state index contributed by atoms with van der Waals surface area (Å²) >= 11 is 0. The molecule has 0 saturated heterocycles. The molecule has 6 nitrogen and oxygen atoms in total. The van der Waals surface area contributed by atoms with Crippen LogP contribution < -0.4 is 10.7 Å². The molecule has 4 rings (SSSR count). The number of hydrogen-bond acceptors (Lipinski definition) is 5. The van der Waals surface area contributed by atoms with Crippen molar-refractivity contribution in [1.29, 1.82) is 0 Å². The SMILES string of the molecule is O=C(/C=C/c1coc2ccccc2c1=O)NCC(c1ccccc1)S(=O)(=O)c1ccc(F)cc1. The summed E-state index contributed by atoms with van der Waals surface area (Å²) in [5.74, 6) is -1.13. The molecule has 0 aliphatic heterocycles. The number of halogens is 1. The fourth-order valence-electron chi connectivity index (χ4n) is 3.49. The summed E-state index contributed by atoms with van der Waals surface area (Å²) in [6, 6.07) is 19.7. The molecule has 1 heterocycles. The van der Waals surface area contributed by atoms with Crippen LogP contribution in [0.2, 0.25) is 0 Å². The zero-order chi connectivity index (χ0) is 24.1. The number of benzene rings is 3. The maximum absolute atomic E-state index is 13.3. The van der Waals surface area contributed by atoms with Crippen molar-refractivity contribution >= 4 is 32.8 Å². The standard InChI is InChI=1S/C26H20FNO5S/c27-20-11-13-21(14-12-20)34(31,32)24(18-6-2-1-3-7-18)16-28-25(29)15-10-19-17-33-23-9-5-4-8-22(23)26(19)30/h1-15,17,24H,16H2,(H,28,29)/b15-10+. The molecule has 34 heavy (non-hydrogen) atoms. The maximum Gasteiger partial charge on any atom is 0.244 e. The molecule has 0 saturated carbocycles. The second-order valence-electron chi connectivity index (χ2n) is 7.49. The predicted octanol–water partition coefficient (Wildman–Crippen LogP) is 4.28. The van der Waals surface area contributed by atoms with Gasteiger partial charge in [0.15, 0.2) is 15.3 Å². The van der Waals surface area contributed by atoms with Gasteiger partial charge in [-0.1, -0.05) is 42.5 Å². The number of hydrogen-bond donors (Lipinski definition) is 1. The van der Waals surface area contributed by atoms with E-state index in [1.54, 1.807) is 54.6 Å². The highest BCUT2D eigenvalue weighted by Gasteiger charge is 2.29. The highest BCUT2D eigenvalue weighted by Crippen LogP contribution is 2.28. The number of rotatable bonds is 7. The second-order valence-corrected chi connectivity index (χ2v) is 9.62. The molecule has 1 unspecified atom stereocenters. The third kappa shape index (κ3) is 4.97. The van der Waals surface area contributed by atoms with Gasteiger partial charge in [-0.2, -0.15) is 0 Å². The fourth-order valence-corrected chi connectivity index (χ4v) is 5.15. The Hall–Kier alpha value is -4.04. The van der Waals surface area contributed by atoms with Gasteiger partial charge >= 0.3 is 0 Å². The predicted molar refractivity (Wildman–Crippen MR) is 127 cm³/mol. The Kier molecular flexibility index (Phi) is 6.70. The first kappa shape index (κ1) is 23.1. The monoisotopic (exact) mass is 477 g/mol. The van der Waals surface area contributed by atoms with Crippen LogP contribution in [0.5, 0.6) is 0 Å². The van der Waals surface area contributed by atoms with Crippen molar-refractivity contribution < 1.29 is 22.0 Å². The Morgan fingerprint density at radius 1 is 0.971 bits per heavy atom. The molecule has 1 amide bonds. The van der Waals surface area contributed by atoms with E-state index in [0.29, 0.717) is 16.5 Å². The van der Waals surface area contributed by atoms with Gasteiger partial charge in [-0.25, -0.2) is 12.8 Å². The van der Waals surface area contributed by atoms with Crippen molar-refractivity contribution in [3.8, 4) is 0 Å². The van der Waals surface area contributed by atoms with Crippen LogP contribution in [-0.4, -0.2) is 20.9 Å². The van der Waals surface area contributed by atoms with E-state index < -0.39 is 26.8 Å². The summed E-state index contributed by atoms with van der Waals surface area (Å²) in [5, 5.41) is 1.88. The van der Waals surface area contributed by atoms with E-state index >= 15 is 0 Å². The van der Waals surface area contributed by atoms with Crippen molar-refractivity contribution in [2.45, 2.75) is 10.1 Å². The van der Waals surface area contributed by atoms with Crippen molar-refractivity contribution in [2.24, 2.45) is 0 Å². The van der Waals surface area contributed by atoms with E-state index in [1.807, 2.05) is 0 Å². The number of fused-ring (bicyclic) bond motifs is 1. The largest absolute Gasteiger partial charge is 0.463 e. The van der Waals surface area contributed by atoms with Crippen LogP contribution in [0.25, 0.3) is 17.0 Å². The number of nitrogens with one attached hydrogen (secondary N) is 1. The van der Waals surface area contributed by atoms with Crippen molar-refractivity contribution in [2.75, 3.05) is 6.54 Å². The number of carbonyl (C=O) groups is 1. The van der Waals surface area contributed by atoms with Crippen molar-refractivity contribution in [1.82, 2.24) is 5.32 Å². The molecule has 0 spiro atoms. The van der Waals surface area contributed by atoms with E-state index in [-0.39, 0.29) is 22.4 Å². The quantitative estimate of drug-likeness (QED) is 0.317. The topological polar surface area (TPSA) is 93.4 Å². The summed E-state index contributed by atoms with van der Waals surface area (Å²) < 4.78 is 45.2. The van der Waals surface area contributed by atoms with Gasteiger partial charge in [-0.05, 0) is 48.0 Å². The normalized spacial score (nSPS) is 12.6. The average molecular weight is 478 g/mol. The highest BCUT2D eigenvalue weighted by atomic mass is 32.2. The van der Waals surface area contributed by atoms with Crippen LogP contribution in [0.1, 0.15) is 16.4 Å². The number of para-hydroxylation sites is 1. The fraction of sp³-hybridized carbons (Fsp3) is 0.0769. The van der Waals surface area contributed by atoms with Gasteiger partial charge in [0.2, 0.25) is 5.91 Å². The average Bonchev–Trinajstić information content (AvgIpc) is 2.85. The molecule has 172 valence electrons. The molecule has 1 atom stereocenters. The second kappa shape index (κ2) is 9.84. The minimum atomic E-state index is -3.94. The van der Waals surface area contributed by atoms with E-state index in [4.69, 9.17) is 4.42 Å². The Bertz CT molecular complexity index is 1510. The van der Waals surface area contributed by atoms with Gasteiger partial charge in [-0.3, -0.25) is 9.59 Å². The molecule has 0 fully saturated rings. The molecule has 1 N–H and O–H groups in total. The molecule has 8 heteroatoms. The molecule has 1 aromatic heterocycles. The lowest BCUT2D eigenvalue weighted by Crippen LogP contribution is -2.31. The van der Waals surface area contributed by atoms with Gasteiger partial charge in [0.05, 0.1) is 15.8 Å². The Morgan fingerprint density at radius 2 is 1.65 bits per heavy atom. The third-order valence-electron chi connectivity index (χ3n) is 5.27. The minimum Gasteiger partial charge on any atom is -0.463 e. The van der Waals surface area contributed by atoms with Crippen LogP contribution >= 0.6 is 0 Å². The maximum atomic E-state index is 13.3. The molecular weight excluding hydrogens is 457 g/mol. The first-order valence-electron chi connectivity index (χ1n) is 10.4. The number of carbonyl (C=O) groups excluding carboxylic acids is 1. The Labute approximate surface area is 195 Å². The van der Waals surface area contributed by atoms with Gasteiger partial charge in [0.25, 0.3) is 0 Å². The van der Waals surface area contributed by atoms with Gasteiger partial charge < -0.3 is 9.73 Å². The van der Waals surface area contributed by atoms with Crippen molar-refractivity contribution in [3.63, 3.8) is 0 Å². The smallest absolute Gasteiger partial charge is 0.244 e.